The number of benzene rings is 8. The Morgan fingerprint density at radius 2 is 1.20 bits per heavy atom. The Labute approximate surface area is 368 Å². The van der Waals surface area contributed by atoms with E-state index in [1.807, 2.05) is 60.7 Å². The minimum Gasteiger partial charge on any atom is -0.455 e. The van der Waals surface area contributed by atoms with Crippen molar-refractivity contribution in [1.29, 1.82) is 0 Å². The van der Waals surface area contributed by atoms with Crippen LogP contribution < -0.4 is 4.90 Å². The molecule has 0 fully saturated rings. The molecule has 4 heterocycles. The number of para-hydroxylation sites is 2. The van der Waals surface area contributed by atoms with Gasteiger partial charge >= 0.3 is 0 Å². The zero-order chi connectivity index (χ0) is 42.1. The van der Waals surface area contributed by atoms with Gasteiger partial charge in [-0.3, -0.25) is 0 Å². The van der Waals surface area contributed by atoms with Crippen molar-refractivity contribution >= 4 is 76.8 Å². The first-order valence-electron chi connectivity index (χ1n) is 22.1. The lowest BCUT2D eigenvalue weighted by molar-refractivity contribution is 0.404. The number of allylic oxidation sites excluding steroid dienone is 4. The molecule has 6 heteroatoms. The molecule has 0 radical (unpaired) electrons. The van der Waals surface area contributed by atoms with E-state index in [1.54, 1.807) is 0 Å². The van der Waals surface area contributed by atoms with Gasteiger partial charge in [0.1, 0.15) is 22.3 Å². The summed E-state index contributed by atoms with van der Waals surface area (Å²) in [6, 6.07) is 55.4. The Kier molecular flexibility index (Phi) is 7.33. The number of rotatable bonds is 4. The number of anilines is 2. The third-order valence-corrected chi connectivity index (χ3v) is 14.2. The van der Waals surface area contributed by atoms with E-state index >= 15 is 0 Å². The van der Waals surface area contributed by atoms with E-state index in [-0.39, 0.29) is 11.5 Å². The molecule has 302 valence electrons. The van der Waals surface area contributed by atoms with Crippen molar-refractivity contribution in [2.45, 2.75) is 25.3 Å². The normalized spacial score (nSPS) is 18.0. The van der Waals surface area contributed by atoms with E-state index in [9.17, 15) is 0 Å². The van der Waals surface area contributed by atoms with E-state index in [4.69, 9.17) is 23.8 Å². The quantitative estimate of drug-likeness (QED) is 0.176. The van der Waals surface area contributed by atoms with Crippen molar-refractivity contribution in [2.24, 2.45) is 5.92 Å². The van der Waals surface area contributed by atoms with Gasteiger partial charge in [0.05, 0.1) is 16.8 Å². The Bertz CT molecular complexity index is 3890. The highest BCUT2D eigenvalue weighted by atomic mass is 16.3. The van der Waals surface area contributed by atoms with E-state index < -0.39 is 0 Å². The largest absolute Gasteiger partial charge is 0.455 e. The highest BCUT2D eigenvalue weighted by molar-refractivity contribution is 6.22. The molecule has 6 nitrogen and oxygen atoms in total. The van der Waals surface area contributed by atoms with Gasteiger partial charge in [-0.25, -0.2) is 15.0 Å². The van der Waals surface area contributed by atoms with Crippen LogP contribution in [0, 0.1) is 5.92 Å². The fourth-order valence-electron chi connectivity index (χ4n) is 11.1. The Balaban J connectivity index is 1.04. The van der Waals surface area contributed by atoms with Crippen LogP contribution in [-0.2, 0) is 6.42 Å². The fraction of sp³-hybridized carbons (Fsp3) is 0.0862. The molecular formula is C58H38N4O2. The number of aromatic nitrogens is 3. The van der Waals surface area contributed by atoms with Gasteiger partial charge in [0, 0.05) is 61.5 Å². The van der Waals surface area contributed by atoms with Crippen molar-refractivity contribution < 1.29 is 8.83 Å². The zero-order valence-electron chi connectivity index (χ0n) is 34.9. The van der Waals surface area contributed by atoms with Gasteiger partial charge in [-0.1, -0.05) is 158 Å². The SMILES string of the molecule is C[C@H]1C2=C(C=CC2)C=C[C@]12Cc1cc3ccccc3cc1N2c1cc2c(oc3cccc(-c4nc(-c5ccccc5)nc(-c5cccc6c5oc5ccccc56)n4)c32)c2ccccc12. The third kappa shape index (κ3) is 4.99. The van der Waals surface area contributed by atoms with Gasteiger partial charge in [-0.2, -0.15) is 0 Å². The zero-order valence-corrected chi connectivity index (χ0v) is 34.9. The van der Waals surface area contributed by atoms with E-state index in [0.717, 1.165) is 89.9 Å². The second kappa shape index (κ2) is 13.2. The second-order valence-electron chi connectivity index (χ2n) is 17.5. The lowest BCUT2D eigenvalue weighted by Crippen LogP contribution is -2.49. The summed E-state index contributed by atoms with van der Waals surface area (Å²) in [4.78, 5) is 18.4. The van der Waals surface area contributed by atoms with Crippen molar-refractivity contribution in [1.82, 2.24) is 15.0 Å². The smallest absolute Gasteiger partial charge is 0.167 e. The first-order valence-corrected chi connectivity index (χ1v) is 22.1. The van der Waals surface area contributed by atoms with Gasteiger partial charge in [-0.05, 0) is 64.7 Å². The predicted molar refractivity (Wildman–Crippen MR) is 260 cm³/mol. The highest BCUT2D eigenvalue weighted by Gasteiger charge is 2.50. The summed E-state index contributed by atoms with van der Waals surface area (Å²) in [5, 5.41) is 8.77. The summed E-state index contributed by atoms with van der Waals surface area (Å²) in [5.74, 6) is 1.95. The third-order valence-electron chi connectivity index (χ3n) is 14.2. The Morgan fingerprint density at radius 1 is 0.547 bits per heavy atom. The first-order chi connectivity index (χ1) is 31.6. The average molecular weight is 823 g/mol. The maximum absolute atomic E-state index is 6.97. The van der Waals surface area contributed by atoms with Crippen molar-refractivity contribution in [3.8, 4) is 34.2 Å². The lowest BCUT2D eigenvalue weighted by atomic mass is 9.72. The van der Waals surface area contributed by atoms with Crippen LogP contribution in [0.3, 0.4) is 0 Å². The lowest BCUT2D eigenvalue weighted by Gasteiger charge is -2.46. The molecular weight excluding hydrogens is 785 g/mol. The minimum atomic E-state index is -0.325. The van der Waals surface area contributed by atoms with Crippen LogP contribution in [0.5, 0.6) is 0 Å². The standard InChI is InChI=1S/C58H38N4O2/c1-34-40-22-11-18-35(40)28-29-58(34)33-39-30-37-16-5-6-17-38(37)31-48(39)62(58)49-32-47-52-45(24-13-27-51(52)64-54(47)43-21-8-7-19-41(43)49)56-59-55(36-14-3-2-4-15-36)60-57(61-56)46-25-12-23-44-42-20-9-10-26-50(42)63-53(44)46/h2-21,23-32,34H,22,33H2,1H3/t34-,58-/m0/s1. The molecule has 1 aliphatic heterocycles. The summed E-state index contributed by atoms with van der Waals surface area (Å²) in [5.41, 5.74) is 12.1. The first kappa shape index (κ1) is 35.5. The molecule has 0 unspecified atom stereocenters. The summed E-state index contributed by atoms with van der Waals surface area (Å²) in [6.45, 7) is 2.44. The van der Waals surface area contributed by atoms with Crippen molar-refractivity contribution in [2.75, 3.05) is 4.90 Å². The molecule has 2 aliphatic carbocycles. The van der Waals surface area contributed by atoms with Gasteiger partial charge < -0.3 is 13.7 Å². The van der Waals surface area contributed by atoms with Crippen LogP contribution in [0.25, 0.3) is 99.6 Å². The maximum Gasteiger partial charge on any atom is 0.167 e. The van der Waals surface area contributed by atoms with Crippen LogP contribution in [0.15, 0.2) is 202 Å². The molecule has 1 spiro atoms. The van der Waals surface area contributed by atoms with E-state index in [1.165, 1.54) is 33.2 Å². The van der Waals surface area contributed by atoms with Gasteiger partial charge in [0.15, 0.2) is 17.5 Å². The molecule has 3 aliphatic rings. The molecule has 0 saturated heterocycles. The number of hydrogen-bond acceptors (Lipinski definition) is 6. The fourth-order valence-corrected chi connectivity index (χ4v) is 11.1. The van der Waals surface area contributed by atoms with Crippen LogP contribution in [0.2, 0.25) is 0 Å². The molecule has 0 N–H and O–H groups in total. The number of hydrogen-bond donors (Lipinski definition) is 0. The number of nitrogens with zero attached hydrogens (tertiary/aromatic N) is 4. The Morgan fingerprint density at radius 3 is 2.08 bits per heavy atom. The molecule has 11 aromatic rings. The molecule has 8 aromatic carbocycles. The van der Waals surface area contributed by atoms with Crippen molar-refractivity contribution in [3.63, 3.8) is 0 Å². The van der Waals surface area contributed by atoms with E-state index in [2.05, 4.69) is 133 Å². The predicted octanol–water partition coefficient (Wildman–Crippen LogP) is 14.9. The molecule has 0 amide bonds. The summed E-state index contributed by atoms with van der Waals surface area (Å²) in [7, 11) is 0. The highest BCUT2D eigenvalue weighted by Crippen LogP contribution is 2.56. The van der Waals surface area contributed by atoms with Gasteiger partial charge in [-0.15, -0.1) is 0 Å². The van der Waals surface area contributed by atoms with Gasteiger partial charge in [0.2, 0.25) is 0 Å². The molecule has 0 bridgehead atoms. The monoisotopic (exact) mass is 822 g/mol. The van der Waals surface area contributed by atoms with Crippen LogP contribution in [-0.4, -0.2) is 20.5 Å². The van der Waals surface area contributed by atoms with E-state index in [0.29, 0.717) is 17.5 Å². The van der Waals surface area contributed by atoms with Gasteiger partial charge in [0.25, 0.3) is 0 Å². The van der Waals surface area contributed by atoms with Crippen LogP contribution in [0.1, 0.15) is 18.9 Å². The molecule has 14 rings (SSSR count). The number of fused-ring (bicyclic) bond motifs is 10. The minimum absolute atomic E-state index is 0.264. The van der Waals surface area contributed by atoms with Crippen LogP contribution >= 0.6 is 0 Å². The average Bonchev–Trinajstić information content (AvgIpc) is 4.14. The maximum atomic E-state index is 6.97. The second-order valence-corrected chi connectivity index (χ2v) is 17.5. The van der Waals surface area contributed by atoms with Crippen LogP contribution in [0.4, 0.5) is 11.4 Å². The summed E-state index contributed by atoms with van der Waals surface area (Å²) < 4.78 is 13.5. The molecule has 2 atom stereocenters. The Hall–Kier alpha value is -8.09. The summed E-state index contributed by atoms with van der Waals surface area (Å²) >= 11 is 0. The number of furan rings is 2. The molecule has 3 aromatic heterocycles. The topological polar surface area (TPSA) is 68.2 Å². The molecule has 0 saturated carbocycles. The summed E-state index contributed by atoms with van der Waals surface area (Å²) in [6.07, 6.45) is 11.4. The van der Waals surface area contributed by atoms with Crippen molar-refractivity contribution in [3.05, 3.63) is 199 Å². The molecule has 64 heavy (non-hydrogen) atoms.